The van der Waals surface area contributed by atoms with Gasteiger partial charge in [-0.2, -0.15) is 0 Å². The third kappa shape index (κ3) is 3.29. The first-order valence-corrected chi connectivity index (χ1v) is 8.86. The fourth-order valence-electron chi connectivity index (χ4n) is 2.75. The van der Waals surface area contributed by atoms with Gasteiger partial charge in [0.05, 0.1) is 17.0 Å². The Morgan fingerprint density at radius 2 is 1.78 bits per heavy atom. The van der Waals surface area contributed by atoms with Crippen molar-refractivity contribution in [3.63, 3.8) is 0 Å². The van der Waals surface area contributed by atoms with Gasteiger partial charge in [0.1, 0.15) is 11.4 Å². The zero-order valence-corrected chi connectivity index (χ0v) is 14.7. The fraction of sp³-hybridized carbons (Fsp3) is 0.0500. The van der Waals surface area contributed by atoms with Crippen LogP contribution in [-0.2, 0) is 11.3 Å². The molecule has 2 heterocycles. The first-order chi connectivity index (χ1) is 13.0. The summed E-state index contributed by atoms with van der Waals surface area (Å²) in [6, 6.07) is 14.5. The number of halogens is 1. The molecule has 3 aromatic rings. The summed E-state index contributed by atoms with van der Waals surface area (Å²) in [5.41, 5.74) is 0.248. The summed E-state index contributed by atoms with van der Waals surface area (Å²) in [7, 11) is 0. The summed E-state index contributed by atoms with van der Waals surface area (Å²) in [5, 5.41) is 0.189. The maximum absolute atomic E-state index is 13.8. The highest BCUT2D eigenvalue weighted by Gasteiger charge is 2.35. The number of para-hydroxylation sites is 1. The minimum Gasteiger partial charge on any atom is -0.422 e. The summed E-state index contributed by atoms with van der Waals surface area (Å²) < 4.78 is 19.1. The van der Waals surface area contributed by atoms with Crippen molar-refractivity contribution in [1.82, 2.24) is 4.90 Å². The predicted octanol–water partition coefficient (Wildman–Crippen LogP) is 4.17. The van der Waals surface area contributed by atoms with E-state index in [1.807, 2.05) is 0 Å². The molecule has 1 fully saturated rings. The van der Waals surface area contributed by atoms with Gasteiger partial charge in [-0.1, -0.05) is 36.4 Å². The van der Waals surface area contributed by atoms with Gasteiger partial charge in [-0.05, 0) is 36.0 Å². The smallest absolute Gasteiger partial charge is 0.343 e. The second-order valence-electron chi connectivity index (χ2n) is 5.89. The lowest BCUT2D eigenvalue weighted by atomic mass is 10.1. The Labute approximate surface area is 157 Å². The second-order valence-corrected chi connectivity index (χ2v) is 6.88. The molecule has 7 heteroatoms. The number of benzene rings is 2. The van der Waals surface area contributed by atoms with E-state index >= 15 is 0 Å². The van der Waals surface area contributed by atoms with E-state index < -0.39 is 22.6 Å². The van der Waals surface area contributed by atoms with Crippen LogP contribution in [0.25, 0.3) is 17.0 Å². The predicted molar refractivity (Wildman–Crippen MR) is 100 cm³/mol. The molecule has 134 valence electrons. The summed E-state index contributed by atoms with van der Waals surface area (Å²) in [5.74, 6) is -1.06. The van der Waals surface area contributed by atoms with Gasteiger partial charge in [0.25, 0.3) is 11.1 Å². The van der Waals surface area contributed by atoms with E-state index in [9.17, 15) is 18.8 Å². The van der Waals surface area contributed by atoms with Crippen LogP contribution in [0.2, 0.25) is 0 Å². The number of imide groups is 1. The zero-order valence-electron chi connectivity index (χ0n) is 13.8. The Balaban J connectivity index is 1.66. The molecule has 1 saturated heterocycles. The normalized spacial score (nSPS) is 15.9. The maximum atomic E-state index is 13.8. The molecule has 2 amide bonds. The minimum atomic E-state index is -0.602. The van der Waals surface area contributed by atoms with Crippen molar-refractivity contribution in [2.24, 2.45) is 0 Å². The molecule has 1 aliphatic heterocycles. The van der Waals surface area contributed by atoms with Gasteiger partial charge in [0.15, 0.2) is 0 Å². The lowest BCUT2D eigenvalue weighted by molar-refractivity contribution is -0.123. The van der Waals surface area contributed by atoms with E-state index in [2.05, 4.69) is 0 Å². The first-order valence-electron chi connectivity index (χ1n) is 8.04. The molecule has 0 radical (unpaired) electrons. The summed E-state index contributed by atoms with van der Waals surface area (Å²) in [4.78, 5) is 38.0. The lowest BCUT2D eigenvalue weighted by Crippen LogP contribution is -2.28. The van der Waals surface area contributed by atoms with Crippen molar-refractivity contribution < 1.29 is 18.4 Å². The van der Waals surface area contributed by atoms with Gasteiger partial charge >= 0.3 is 5.63 Å². The van der Waals surface area contributed by atoms with Crippen LogP contribution in [0.15, 0.2) is 68.7 Å². The summed E-state index contributed by atoms with van der Waals surface area (Å²) in [6.45, 7) is -0.166. The average molecular weight is 381 g/mol. The average Bonchev–Trinajstić information content (AvgIpc) is 2.91. The number of rotatable bonds is 3. The molecule has 2 aromatic carbocycles. The van der Waals surface area contributed by atoms with Gasteiger partial charge in [-0.15, -0.1) is 0 Å². The van der Waals surface area contributed by atoms with E-state index in [1.54, 1.807) is 36.4 Å². The van der Waals surface area contributed by atoms with Crippen LogP contribution in [0, 0.1) is 5.82 Å². The highest BCUT2D eigenvalue weighted by Crippen LogP contribution is 2.33. The Morgan fingerprint density at radius 1 is 1.04 bits per heavy atom. The quantitative estimate of drug-likeness (QED) is 0.503. The van der Waals surface area contributed by atoms with E-state index in [0.29, 0.717) is 22.7 Å². The zero-order chi connectivity index (χ0) is 19.0. The molecule has 0 saturated carbocycles. The molecular weight excluding hydrogens is 369 g/mol. The van der Waals surface area contributed by atoms with Crippen molar-refractivity contribution >= 4 is 40.0 Å². The molecule has 1 aliphatic rings. The van der Waals surface area contributed by atoms with Crippen molar-refractivity contribution in [3.8, 4) is 0 Å². The Bertz CT molecular complexity index is 1170. The number of fused-ring (bicyclic) bond motifs is 1. The molecule has 0 atom stereocenters. The van der Waals surface area contributed by atoms with Gasteiger partial charge in [0.2, 0.25) is 0 Å². The van der Waals surface area contributed by atoms with Crippen LogP contribution in [0.4, 0.5) is 9.18 Å². The molecule has 0 aliphatic carbocycles. The highest BCUT2D eigenvalue weighted by molar-refractivity contribution is 8.18. The van der Waals surface area contributed by atoms with Crippen LogP contribution in [-0.4, -0.2) is 16.0 Å². The molecule has 5 nitrogen and oxygen atoms in total. The highest BCUT2D eigenvalue weighted by atomic mass is 32.2. The Hall–Kier alpha value is -3.19. The molecule has 0 unspecified atom stereocenters. The minimum absolute atomic E-state index is 0.0962. The molecular formula is C20H12FNO4S. The van der Waals surface area contributed by atoms with E-state index in [1.165, 1.54) is 24.3 Å². The van der Waals surface area contributed by atoms with Crippen LogP contribution in [0.3, 0.4) is 0 Å². The van der Waals surface area contributed by atoms with Crippen LogP contribution in [0.1, 0.15) is 11.1 Å². The van der Waals surface area contributed by atoms with E-state index in [0.717, 1.165) is 4.90 Å². The molecule has 27 heavy (non-hydrogen) atoms. The summed E-state index contributed by atoms with van der Waals surface area (Å²) in [6.07, 6.45) is 1.34. The largest absolute Gasteiger partial charge is 0.422 e. The Kier molecular flexibility index (Phi) is 4.37. The molecule has 0 N–H and O–H groups in total. The fourth-order valence-corrected chi connectivity index (χ4v) is 3.58. The monoisotopic (exact) mass is 381 g/mol. The second kappa shape index (κ2) is 6.85. The van der Waals surface area contributed by atoms with Gasteiger partial charge in [-0.25, -0.2) is 9.18 Å². The van der Waals surface area contributed by atoms with Crippen LogP contribution >= 0.6 is 11.8 Å². The summed E-state index contributed by atoms with van der Waals surface area (Å²) >= 11 is 0.711. The number of hydrogen-bond acceptors (Lipinski definition) is 5. The third-order valence-electron chi connectivity index (χ3n) is 4.11. The SMILES string of the molecule is O=C1SC(=Cc2cc3ccccc3oc2=O)C(=O)N1Cc1ccccc1F. The number of carbonyl (C=O) groups is 2. The Morgan fingerprint density at radius 3 is 2.59 bits per heavy atom. The van der Waals surface area contributed by atoms with Crippen molar-refractivity contribution in [3.05, 3.63) is 86.9 Å². The number of hydrogen-bond donors (Lipinski definition) is 0. The van der Waals surface area contributed by atoms with Crippen molar-refractivity contribution in [1.29, 1.82) is 0 Å². The van der Waals surface area contributed by atoms with Crippen LogP contribution in [0.5, 0.6) is 0 Å². The molecule has 4 rings (SSSR count). The first kappa shape index (κ1) is 17.2. The number of thioether (sulfide) groups is 1. The van der Waals surface area contributed by atoms with Gasteiger partial charge < -0.3 is 4.42 Å². The van der Waals surface area contributed by atoms with E-state index in [-0.39, 0.29) is 22.6 Å². The lowest BCUT2D eigenvalue weighted by Gasteiger charge is -2.12. The topological polar surface area (TPSA) is 67.6 Å². The molecule has 0 bridgehead atoms. The molecule has 0 spiro atoms. The molecule has 1 aromatic heterocycles. The van der Waals surface area contributed by atoms with Crippen molar-refractivity contribution in [2.45, 2.75) is 6.54 Å². The number of amides is 2. The standard InChI is InChI=1S/C20H12FNO4S/c21-15-7-3-1-6-13(15)11-22-18(23)17(27-20(22)25)10-14-9-12-5-2-4-8-16(12)26-19(14)24/h1-10H,11H2. The van der Waals surface area contributed by atoms with Crippen LogP contribution < -0.4 is 5.63 Å². The number of carbonyl (C=O) groups excluding carboxylic acids is 2. The number of nitrogens with zero attached hydrogens (tertiary/aromatic N) is 1. The van der Waals surface area contributed by atoms with Gasteiger partial charge in [-0.3, -0.25) is 14.5 Å². The van der Waals surface area contributed by atoms with E-state index in [4.69, 9.17) is 4.42 Å². The maximum Gasteiger partial charge on any atom is 0.343 e. The van der Waals surface area contributed by atoms with Crippen molar-refractivity contribution in [2.75, 3.05) is 0 Å². The van der Waals surface area contributed by atoms with Gasteiger partial charge in [0, 0.05) is 10.9 Å². The third-order valence-corrected chi connectivity index (χ3v) is 5.02.